The molecule has 1 aromatic heterocycles. The van der Waals surface area contributed by atoms with E-state index in [1.165, 1.54) is 0 Å². The molecule has 0 saturated heterocycles. The van der Waals surface area contributed by atoms with E-state index in [2.05, 4.69) is 9.72 Å². The van der Waals surface area contributed by atoms with E-state index < -0.39 is 23.5 Å². The first-order valence-corrected chi connectivity index (χ1v) is 4.01. The predicted molar refractivity (Wildman–Crippen MR) is 46.0 cm³/mol. The smallest absolute Gasteiger partial charge is 0.433 e. The van der Waals surface area contributed by atoms with Crippen molar-refractivity contribution in [2.24, 2.45) is 0 Å². The van der Waals surface area contributed by atoms with Crippen molar-refractivity contribution >= 4 is 12.3 Å². The Morgan fingerprint density at radius 2 is 2.06 bits per heavy atom. The van der Waals surface area contributed by atoms with Crippen molar-refractivity contribution < 1.29 is 27.5 Å². The van der Waals surface area contributed by atoms with Gasteiger partial charge >= 0.3 is 12.1 Å². The Labute approximate surface area is 88.0 Å². The van der Waals surface area contributed by atoms with Gasteiger partial charge in [-0.05, 0) is 12.1 Å². The lowest BCUT2D eigenvalue weighted by molar-refractivity contribution is -0.141. The molecular weight excluding hydrogens is 227 g/mol. The number of nitrogens with zero attached hydrogens (tertiary/aromatic N) is 1. The summed E-state index contributed by atoms with van der Waals surface area (Å²) >= 11 is 0. The van der Waals surface area contributed by atoms with Crippen LogP contribution in [-0.2, 0) is 10.9 Å². The van der Waals surface area contributed by atoms with Gasteiger partial charge in [0.25, 0.3) is 0 Å². The Bertz CT molecular complexity index is 428. The number of hydrogen-bond acceptors (Lipinski definition) is 4. The number of rotatable bonds is 2. The summed E-state index contributed by atoms with van der Waals surface area (Å²) in [4.78, 5) is 24.5. The van der Waals surface area contributed by atoms with Crippen LogP contribution in [0.3, 0.4) is 0 Å². The van der Waals surface area contributed by atoms with E-state index in [9.17, 15) is 22.8 Å². The highest BCUT2D eigenvalue weighted by molar-refractivity contribution is 5.89. The number of alkyl halides is 3. The topological polar surface area (TPSA) is 56.3 Å². The minimum Gasteiger partial charge on any atom is -0.464 e. The lowest BCUT2D eigenvalue weighted by Crippen LogP contribution is -2.13. The summed E-state index contributed by atoms with van der Waals surface area (Å²) in [5.41, 5.74) is -2.15. The average Bonchev–Trinajstić information content (AvgIpc) is 2.26. The van der Waals surface area contributed by atoms with E-state index in [0.717, 1.165) is 13.2 Å². The van der Waals surface area contributed by atoms with E-state index in [0.29, 0.717) is 6.07 Å². The molecule has 0 saturated carbocycles. The zero-order valence-corrected chi connectivity index (χ0v) is 8.04. The Balaban J connectivity index is 3.32. The minimum absolute atomic E-state index is 0.198. The highest BCUT2D eigenvalue weighted by atomic mass is 19.4. The van der Waals surface area contributed by atoms with Gasteiger partial charge in [0.2, 0.25) is 0 Å². The van der Waals surface area contributed by atoms with Gasteiger partial charge in [-0.2, -0.15) is 13.2 Å². The molecule has 0 aliphatic carbocycles. The van der Waals surface area contributed by atoms with Crippen molar-refractivity contribution in [1.82, 2.24) is 4.98 Å². The maximum Gasteiger partial charge on any atom is 0.433 e. The highest BCUT2D eigenvalue weighted by Crippen LogP contribution is 2.28. The van der Waals surface area contributed by atoms with Gasteiger partial charge in [-0.3, -0.25) is 4.79 Å². The van der Waals surface area contributed by atoms with Crippen LogP contribution < -0.4 is 0 Å². The fourth-order valence-electron chi connectivity index (χ4n) is 0.974. The number of carbonyl (C=O) groups excluding carboxylic acids is 2. The fraction of sp³-hybridized carbons (Fsp3) is 0.222. The molecule has 4 nitrogen and oxygen atoms in total. The van der Waals surface area contributed by atoms with Gasteiger partial charge in [0, 0.05) is 5.56 Å². The zero-order chi connectivity index (χ0) is 12.3. The monoisotopic (exact) mass is 233 g/mol. The maximum absolute atomic E-state index is 12.3. The molecule has 0 aliphatic heterocycles. The summed E-state index contributed by atoms with van der Waals surface area (Å²) in [7, 11) is 1.00. The maximum atomic E-state index is 12.3. The van der Waals surface area contributed by atoms with Crippen molar-refractivity contribution in [3.8, 4) is 0 Å². The molecule has 0 aliphatic rings. The van der Waals surface area contributed by atoms with Gasteiger partial charge in [0.15, 0.2) is 0 Å². The first-order valence-electron chi connectivity index (χ1n) is 4.01. The van der Waals surface area contributed by atoms with E-state index in [1.807, 2.05) is 0 Å². The van der Waals surface area contributed by atoms with Gasteiger partial charge in [-0.15, -0.1) is 0 Å². The van der Waals surface area contributed by atoms with Gasteiger partial charge in [0.05, 0.1) is 7.11 Å². The summed E-state index contributed by atoms with van der Waals surface area (Å²) < 4.78 is 41.2. The Morgan fingerprint density at radius 3 is 2.50 bits per heavy atom. The molecular formula is C9H6F3NO3. The molecule has 1 heterocycles. The van der Waals surface area contributed by atoms with E-state index in [4.69, 9.17) is 0 Å². The Kier molecular flexibility index (Phi) is 3.26. The van der Waals surface area contributed by atoms with Crippen LogP contribution in [0, 0.1) is 0 Å². The van der Waals surface area contributed by atoms with Crippen LogP contribution in [0.1, 0.15) is 26.5 Å². The molecule has 1 rings (SSSR count). The van der Waals surface area contributed by atoms with Crippen LogP contribution in [0.5, 0.6) is 0 Å². The number of methoxy groups -OCH3 is 1. The first-order chi connectivity index (χ1) is 7.38. The number of aromatic nitrogens is 1. The third kappa shape index (κ3) is 2.56. The predicted octanol–water partition coefficient (Wildman–Crippen LogP) is 1.70. The Hall–Kier alpha value is -1.92. The number of halogens is 3. The fourth-order valence-corrected chi connectivity index (χ4v) is 0.974. The molecule has 0 N–H and O–H groups in total. The lowest BCUT2D eigenvalue weighted by Gasteiger charge is -2.07. The van der Waals surface area contributed by atoms with Crippen molar-refractivity contribution in [2.75, 3.05) is 7.11 Å². The Morgan fingerprint density at radius 1 is 1.44 bits per heavy atom. The SMILES string of the molecule is COC(=O)c1cc(C=O)cc(C(F)(F)F)n1. The van der Waals surface area contributed by atoms with E-state index >= 15 is 0 Å². The zero-order valence-electron chi connectivity index (χ0n) is 8.04. The molecule has 0 spiro atoms. The third-order valence-corrected chi connectivity index (χ3v) is 1.67. The quantitative estimate of drug-likeness (QED) is 0.576. The van der Waals surface area contributed by atoms with Gasteiger partial charge in [0.1, 0.15) is 17.7 Å². The third-order valence-electron chi connectivity index (χ3n) is 1.67. The van der Waals surface area contributed by atoms with Crippen molar-refractivity contribution in [3.63, 3.8) is 0 Å². The molecule has 0 fully saturated rings. The van der Waals surface area contributed by atoms with Gasteiger partial charge in [-0.1, -0.05) is 0 Å². The number of pyridine rings is 1. The molecule has 86 valence electrons. The second-order valence-electron chi connectivity index (χ2n) is 2.78. The average molecular weight is 233 g/mol. The molecule has 0 radical (unpaired) electrons. The normalized spacial score (nSPS) is 11.0. The molecule has 7 heteroatoms. The van der Waals surface area contributed by atoms with Crippen LogP contribution in [0.2, 0.25) is 0 Å². The highest BCUT2D eigenvalue weighted by Gasteiger charge is 2.33. The number of aldehydes is 1. The van der Waals surface area contributed by atoms with Crippen LogP contribution in [0.4, 0.5) is 13.2 Å². The lowest BCUT2D eigenvalue weighted by atomic mass is 10.2. The second kappa shape index (κ2) is 4.30. The summed E-state index contributed by atoms with van der Waals surface area (Å²) in [6.07, 6.45) is -4.52. The molecule has 0 amide bonds. The van der Waals surface area contributed by atoms with Crippen molar-refractivity contribution in [2.45, 2.75) is 6.18 Å². The van der Waals surface area contributed by atoms with Crippen LogP contribution in [0.15, 0.2) is 12.1 Å². The standard InChI is InChI=1S/C9H6F3NO3/c1-16-8(15)6-2-5(4-14)3-7(13-6)9(10,11)12/h2-4H,1H3. The number of carbonyl (C=O) groups is 2. The number of ether oxygens (including phenoxy) is 1. The molecule has 0 bridgehead atoms. The molecule has 1 aromatic rings. The number of hydrogen-bond donors (Lipinski definition) is 0. The summed E-state index contributed by atoms with van der Waals surface area (Å²) in [6, 6.07) is 1.48. The van der Waals surface area contributed by atoms with Crippen LogP contribution in [0.25, 0.3) is 0 Å². The largest absolute Gasteiger partial charge is 0.464 e. The van der Waals surface area contributed by atoms with Crippen LogP contribution >= 0.6 is 0 Å². The molecule has 0 aromatic carbocycles. The second-order valence-corrected chi connectivity index (χ2v) is 2.78. The summed E-state index contributed by atoms with van der Waals surface area (Å²) in [5.74, 6) is -1.03. The van der Waals surface area contributed by atoms with Gasteiger partial charge < -0.3 is 4.74 Å². The van der Waals surface area contributed by atoms with Gasteiger partial charge in [-0.25, -0.2) is 9.78 Å². The van der Waals surface area contributed by atoms with E-state index in [-0.39, 0.29) is 11.8 Å². The summed E-state index contributed by atoms with van der Waals surface area (Å²) in [6.45, 7) is 0. The minimum atomic E-state index is -4.72. The first kappa shape index (κ1) is 12.2. The molecule has 0 unspecified atom stereocenters. The summed E-state index contributed by atoms with van der Waals surface area (Å²) in [5, 5.41) is 0. The van der Waals surface area contributed by atoms with Crippen LogP contribution in [-0.4, -0.2) is 24.3 Å². The molecule has 0 atom stereocenters. The van der Waals surface area contributed by atoms with E-state index in [1.54, 1.807) is 0 Å². The number of esters is 1. The van der Waals surface area contributed by atoms with Crippen molar-refractivity contribution in [1.29, 1.82) is 0 Å². The van der Waals surface area contributed by atoms with Crippen molar-refractivity contribution in [3.05, 3.63) is 29.1 Å². The molecule has 16 heavy (non-hydrogen) atoms.